The van der Waals surface area contributed by atoms with Gasteiger partial charge in [-0.05, 0) is 42.7 Å². The van der Waals surface area contributed by atoms with Crippen LogP contribution in [-0.4, -0.2) is 34.4 Å². The second-order valence-corrected chi connectivity index (χ2v) is 6.67. The lowest BCUT2D eigenvalue weighted by atomic mass is 10.1. The van der Waals surface area contributed by atoms with Gasteiger partial charge in [-0.3, -0.25) is 4.79 Å². The van der Waals surface area contributed by atoms with Gasteiger partial charge in [-0.25, -0.2) is 14.4 Å². The number of nitrogens with zero attached hydrogens (tertiary/aromatic N) is 3. The summed E-state index contributed by atoms with van der Waals surface area (Å²) >= 11 is 0. The number of hydrogen-bond donors (Lipinski definition) is 1. The molecule has 0 spiro atoms. The van der Waals surface area contributed by atoms with Gasteiger partial charge < -0.3 is 10.2 Å². The van der Waals surface area contributed by atoms with E-state index in [2.05, 4.69) is 15.3 Å². The maximum Gasteiger partial charge on any atom is 0.272 e. The summed E-state index contributed by atoms with van der Waals surface area (Å²) in [5.74, 6) is 0.0102. The van der Waals surface area contributed by atoms with Crippen LogP contribution in [0.4, 0.5) is 10.3 Å². The van der Waals surface area contributed by atoms with E-state index in [9.17, 15) is 9.18 Å². The SMILES string of the molecule is Cc1cc(C(=O)N(C)Cc2ccccc2)nc(NCCc2ccc(F)cc2)n1. The molecule has 0 radical (unpaired) electrons. The predicted octanol–water partition coefficient (Wildman–Crippen LogP) is 3.85. The zero-order valence-corrected chi connectivity index (χ0v) is 16.0. The van der Waals surface area contributed by atoms with E-state index in [0.717, 1.165) is 16.8 Å². The molecule has 0 aliphatic heterocycles. The number of rotatable bonds is 7. The summed E-state index contributed by atoms with van der Waals surface area (Å²) < 4.78 is 13.0. The highest BCUT2D eigenvalue weighted by Crippen LogP contribution is 2.11. The molecule has 0 bridgehead atoms. The zero-order valence-electron chi connectivity index (χ0n) is 16.0. The van der Waals surface area contributed by atoms with Crippen molar-refractivity contribution in [2.45, 2.75) is 19.9 Å². The predicted molar refractivity (Wildman–Crippen MR) is 108 cm³/mol. The monoisotopic (exact) mass is 378 g/mol. The fourth-order valence-corrected chi connectivity index (χ4v) is 2.85. The lowest BCUT2D eigenvalue weighted by Crippen LogP contribution is -2.27. The number of aromatic nitrogens is 2. The summed E-state index contributed by atoms with van der Waals surface area (Å²) in [6.07, 6.45) is 0.703. The van der Waals surface area contributed by atoms with Crippen molar-refractivity contribution in [3.05, 3.63) is 89.0 Å². The Hall–Kier alpha value is -3.28. The van der Waals surface area contributed by atoms with Crippen LogP contribution < -0.4 is 5.32 Å². The van der Waals surface area contributed by atoms with E-state index in [4.69, 9.17) is 0 Å². The maximum atomic E-state index is 13.0. The average molecular weight is 378 g/mol. The molecule has 1 N–H and O–H groups in total. The third-order valence-corrected chi connectivity index (χ3v) is 4.29. The summed E-state index contributed by atoms with van der Waals surface area (Å²) in [4.78, 5) is 23.1. The maximum absolute atomic E-state index is 13.0. The van der Waals surface area contributed by atoms with Gasteiger partial charge >= 0.3 is 0 Å². The molecule has 0 unspecified atom stereocenters. The van der Waals surface area contributed by atoms with E-state index >= 15 is 0 Å². The standard InChI is InChI=1S/C22H23FN4O/c1-16-14-20(21(28)27(2)15-18-6-4-3-5-7-18)26-22(25-16)24-13-12-17-8-10-19(23)11-9-17/h3-11,14H,12-13,15H2,1-2H3,(H,24,25,26). The Labute approximate surface area is 164 Å². The van der Waals surface area contributed by atoms with E-state index in [1.807, 2.05) is 37.3 Å². The van der Waals surface area contributed by atoms with Crippen molar-refractivity contribution < 1.29 is 9.18 Å². The fraction of sp³-hybridized carbons (Fsp3) is 0.227. The summed E-state index contributed by atoms with van der Waals surface area (Å²) in [6, 6.07) is 17.9. The number of carbonyl (C=O) groups excluding carboxylic acids is 1. The van der Waals surface area contributed by atoms with Gasteiger partial charge in [0.05, 0.1) is 0 Å². The van der Waals surface area contributed by atoms with Gasteiger partial charge in [0.25, 0.3) is 5.91 Å². The van der Waals surface area contributed by atoms with E-state index in [1.165, 1.54) is 12.1 Å². The van der Waals surface area contributed by atoms with Crippen LogP contribution in [0.5, 0.6) is 0 Å². The summed E-state index contributed by atoms with van der Waals surface area (Å²) in [6.45, 7) is 2.93. The van der Waals surface area contributed by atoms with Crippen molar-refractivity contribution in [2.24, 2.45) is 0 Å². The Morgan fingerprint density at radius 1 is 1.04 bits per heavy atom. The molecule has 3 rings (SSSR count). The van der Waals surface area contributed by atoms with Crippen LogP contribution in [0.2, 0.25) is 0 Å². The lowest BCUT2D eigenvalue weighted by Gasteiger charge is -2.17. The molecule has 0 fully saturated rings. The summed E-state index contributed by atoms with van der Waals surface area (Å²) in [5, 5.41) is 3.15. The molecule has 0 saturated heterocycles. The Morgan fingerprint density at radius 3 is 2.46 bits per heavy atom. The van der Waals surface area contributed by atoms with Crippen LogP contribution in [0.25, 0.3) is 0 Å². The zero-order chi connectivity index (χ0) is 19.9. The number of halogens is 1. The number of hydrogen-bond acceptors (Lipinski definition) is 4. The largest absolute Gasteiger partial charge is 0.354 e. The smallest absolute Gasteiger partial charge is 0.272 e. The molecule has 5 nitrogen and oxygen atoms in total. The quantitative estimate of drug-likeness (QED) is 0.678. The Balaban J connectivity index is 1.63. The van der Waals surface area contributed by atoms with Crippen LogP contribution in [0.3, 0.4) is 0 Å². The van der Waals surface area contributed by atoms with Crippen LogP contribution in [0, 0.1) is 12.7 Å². The number of benzene rings is 2. The van der Waals surface area contributed by atoms with Gasteiger partial charge in [0.1, 0.15) is 11.5 Å². The number of carbonyl (C=O) groups is 1. The van der Waals surface area contributed by atoms with Crippen LogP contribution >= 0.6 is 0 Å². The first kappa shape index (κ1) is 19.5. The first-order valence-electron chi connectivity index (χ1n) is 9.14. The van der Waals surface area contributed by atoms with Gasteiger partial charge in [-0.1, -0.05) is 42.5 Å². The molecule has 2 aromatic carbocycles. The summed E-state index contributed by atoms with van der Waals surface area (Å²) in [5.41, 5.74) is 3.15. The van der Waals surface area contributed by atoms with Crippen molar-refractivity contribution in [3.63, 3.8) is 0 Å². The molecule has 1 amide bonds. The third kappa shape index (κ3) is 5.36. The first-order chi connectivity index (χ1) is 13.5. The Kier molecular flexibility index (Phi) is 6.32. The molecular weight excluding hydrogens is 355 g/mol. The molecule has 0 atom stereocenters. The van der Waals surface area contributed by atoms with Crippen molar-refractivity contribution in [1.29, 1.82) is 0 Å². The highest BCUT2D eigenvalue weighted by molar-refractivity contribution is 5.92. The van der Waals surface area contributed by atoms with Crippen molar-refractivity contribution in [1.82, 2.24) is 14.9 Å². The number of amides is 1. The molecule has 0 saturated carbocycles. The normalized spacial score (nSPS) is 10.5. The molecule has 0 aliphatic carbocycles. The summed E-state index contributed by atoms with van der Waals surface area (Å²) in [7, 11) is 1.76. The van der Waals surface area contributed by atoms with Gasteiger partial charge in [-0.15, -0.1) is 0 Å². The minimum absolute atomic E-state index is 0.157. The second-order valence-electron chi connectivity index (χ2n) is 6.67. The molecule has 3 aromatic rings. The minimum atomic E-state index is -0.249. The van der Waals surface area contributed by atoms with Crippen molar-refractivity contribution in [2.75, 3.05) is 18.9 Å². The number of nitrogens with one attached hydrogen (secondary N) is 1. The molecule has 0 aliphatic rings. The van der Waals surface area contributed by atoms with Crippen LogP contribution in [-0.2, 0) is 13.0 Å². The molecule has 28 heavy (non-hydrogen) atoms. The van der Waals surface area contributed by atoms with Crippen molar-refractivity contribution in [3.8, 4) is 0 Å². The molecule has 1 aromatic heterocycles. The number of anilines is 1. The highest BCUT2D eigenvalue weighted by Gasteiger charge is 2.15. The molecule has 1 heterocycles. The van der Waals surface area contributed by atoms with E-state index in [1.54, 1.807) is 30.1 Å². The van der Waals surface area contributed by atoms with Crippen LogP contribution in [0.1, 0.15) is 27.3 Å². The van der Waals surface area contributed by atoms with Gasteiger partial charge in [0, 0.05) is 25.8 Å². The van der Waals surface area contributed by atoms with E-state index < -0.39 is 0 Å². The first-order valence-corrected chi connectivity index (χ1v) is 9.14. The Morgan fingerprint density at radius 2 is 1.75 bits per heavy atom. The van der Waals surface area contributed by atoms with E-state index in [0.29, 0.717) is 31.2 Å². The van der Waals surface area contributed by atoms with Gasteiger partial charge in [0.15, 0.2) is 0 Å². The third-order valence-electron chi connectivity index (χ3n) is 4.29. The number of aryl methyl sites for hydroxylation is 1. The van der Waals surface area contributed by atoms with Gasteiger partial charge in [0.2, 0.25) is 5.95 Å². The fourth-order valence-electron chi connectivity index (χ4n) is 2.85. The Bertz CT molecular complexity index is 929. The highest BCUT2D eigenvalue weighted by atomic mass is 19.1. The second kappa shape index (κ2) is 9.08. The lowest BCUT2D eigenvalue weighted by molar-refractivity contribution is 0.0779. The molecule has 6 heteroatoms. The van der Waals surface area contributed by atoms with Crippen LogP contribution in [0.15, 0.2) is 60.7 Å². The van der Waals surface area contributed by atoms with Gasteiger partial charge in [-0.2, -0.15) is 0 Å². The minimum Gasteiger partial charge on any atom is -0.354 e. The average Bonchev–Trinajstić information content (AvgIpc) is 2.69. The molecular formula is C22H23FN4O. The topological polar surface area (TPSA) is 58.1 Å². The van der Waals surface area contributed by atoms with E-state index in [-0.39, 0.29) is 11.7 Å². The van der Waals surface area contributed by atoms with Crippen molar-refractivity contribution >= 4 is 11.9 Å². The molecule has 144 valence electrons.